The van der Waals surface area contributed by atoms with Crippen LogP contribution in [-0.2, 0) is 24.2 Å². The van der Waals surface area contributed by atoms with E-state index in [1.807, 2.05) is 36.6 Å². The van der Waals surface area contributed by atoms with E-state index in [1.165, 1.54) is 34.3 Å². The predicted octanol–water partition coefficient (Wildman–Crippen LogP) is 4.91. The highest BCUT2D eigenvalue weighted by Crippen LogP contribution is 2.22. The number of amides is 1. The molecule has 2 aromatic carbocycles. The van der Waals surface area contributed by atoms with E-state index >= 15 is 0 Å². The number of aromatic carboxylic acids is 1. The molecular formula is C25H24N4O3S2. The zero-order chi connectivity index (χ0) is 23.9. The van der Waals surface area contributed by atoms with E-state index in [2.05, 4.69) is 38.3 Å². The second-order valence-corrected chi connectivity index (χ2v) is 9.69. The van der Waals surface area contributed by atoms with Crippen LogP contribution in [0.15, 0.2) is 71.2 Å². The summed E-state index contributed by atoms with van der Waals surface area (Å²) in [5.74, 6) is -0.256. The molecule has 0 spiro atoms. The van der Waals surface area contributed by atoms with Crippen molar-refractivity contribution in [1.82, 2.24) is 14.8 Å². The SMILES string of the molecule is Cc1ccc(C(=O)O)cc1NC(=O)CSc1nnc(Cc2cccs2)n1CCc1ccccc1. The fraction of sp³-hybridized carbons (Fsp3) is 0.200. The number of carboxylic acids is 1. The number of rotatable bonds is 10. The van der Waals surface area contributed by atoms with Crippen LogP contribution in [0.25, 0.3) is 0 Å². The van der Waals surface area contributed by atoms with Gasteiger partial charge in [-0.15, -0.1) is 21.5 Å². The van der Waals surface area contributed by atoms with Gasteiger partial charge in [0.1, 0.15) is 5.82 Å². The first-order valence-electron chi connectivity index (χ1n) is 10.7. The van der Waals surface area contributed by atoms with Crippen molar-refractivity contribution < 1.29 is 14.7 Å². The molecule has 0 radical (unpaired) electrons. The van der Waals surface area contributed by atoms with Crippen LogP contribution >= 0.6 is 23.1 Å². The van der Waals surface area contributed by atoms with Crippen LogP contribution in [0.4, 0.5) is 5.69 Å². The van der Waals surface area contributed by atoms with Gasteiger partial charge in [-0.3, -0.25) is 4.79 Å². The van der Waals surface area contributed by atoms with Crippen LogP contribution in [0.3, 0.4) is 0 Å². The van der Waals surface area contributed by atoms with Gasteiger partial charge in [0.25, 0.3) is 0 Å². The number of hydrogen-bond acceptors (Lipinski definition) is 6. The van der Waals surface area contributed by atoms with E-state index in [1.54, 1.807) is 17.4 Å². The highest BCUT2D eigenvalue weighted by atomic mass is 32.2. The molecule has 2 aromatic heterocycles. The molecule has 0 unspecified atom stereocenters. The second kappa shape index (κ2) is 11.1. The van der Waals surface area contributed by atoms with Gasteiger partial charge in [0.2, 0.25) is 5.91 Å². The zero-order valence-corrected chi connectivity index (χ0v) is 20.2. The highest BCUT2D eigenvalue weighted by molar-refractivity contribution is 7.99. The molecule has 0 aliphatic carbocycles. The Balaban J connectivity index is 1.46. The summed E-state index contributed by atoms with van der Waals surface area (Å²) in [7, 11) is 0. The fourth-order valence-corrected chi connectivity index (χ4v) is 4.93. The van der Waals surface area contributed by atoms with Crippen molar-refractivity contribution >= 4 is 40.7 Å². The molecule has 0 fully saturated rings. The predicted molar refractivity (Wildman–Crippen MR) is 135 cm³/mol. The zero-order valence-electron chi connectivity index (χ0n) is 18.6. The molecule has 0 aliphatic rings. The number of carbonyl (C=O) groups excluding carboxylic acids is 1. The third-order valence-corrected chi connectivity index (χ3v) is 7.11. The van der Waals surface area contributed by atoms with Crippen LogP contribution in [0.2, 0.25) is 0 Å². The standard InChI is InChI=1S/C25H24N4O3S2/c1-17-9-10-19(24(31)32)14-21(17)26-23(30)16-34-25-28-27-22(15-20-8-5-13-33-20)29(25)12-11-18-6-3-2-4-7-18/h2-10,13-14H,11-12,15-16H2,1H3,(H,26,30)(H,31,32). The Bertz CT molecular complexity index is 1270. The lowest BCUT2D eigenvalue weighted by Gasteiger charge is -2.11. The number of carboxylic acid groups (broad SMARTS) is 1. The van der Waals surface area contributed by atoms with Crippen LogP contribution in [-0.4, -0.2) is 37.5 Å². The molecule has 0 saturated carbocycles. The van der Waals surface area contributed by atoms with Gasteiger partial charge in [0.05, 0.1) is 11.3 Å². The molecule has 4 aromatic rings. The van der Waals surface area contributed by atoms with Gasteiger partial charge < -0.3 is 15.0 Å². The van der Waals surface area contributed by atoms with Crippen molar-refractivity contribution in [2.24, 2.45) is 0 Å². The lowest BCUT2D eigenvalue weighted by Crippen LogP contribution is -2.16. The van der Waals surface area contributed by atoms with Crippen molar-refractivity contribution in [3.63, 3.8) is 0 Å². The molecule has 0 saturated heterocycles. The van der Waals surface area contributed by atoms with Gasteiger partial charge in [-0.2, -0.15) is 0 Å². The number of benzene rings is 2. The lowest BCUT2D eigenvalue weighted by molar-refractivity contribution is -0.113. The minimum atomic E-state index is -1.03. The Kier molecular flexibility index (Phi) is 7.76. The molecule has 0 atom stereocenters. The summed E-state index contributed by atoms with van der Waals surface area (Å²) in [4.78, 5) is 25.1. The summed E-state index contributed by atoms with van der Waals surface area (Å²) in [6, 6.07) is 19.0. The molecule has 1 amide bonds. The summed E-state index contributed by atoms with van der Waals surface area (Å²) >= 11 is 3.00. The third kappa shape index (κ3) is 6.12. The van der Waals surface area contributed by atoms with E-state index in [0.29, 0.717) is 23.8 Å². The number of nitrogens with zero attached hydrogens (tertiary/aromatic N) is 3. The Morgan fingerprint density at radius 1 is 1.09 bits per heavy atom. The number of aromatic nitrogens is 3. The van der Waals surface area contributed by atoms with E-state index in [-0.39, 0.29) is 17.2 Å². The van der Waals surface area contributed by atoms with E-state index in [0.717, 1.165) is 17.8 Å². The Morgan fingerprint density at radius 3 is 2.65 bits per heavy atom. The molecule has 7 nitrogen and oxygen atoms in total. The number of nitrogens with one attached hydrogen (secondary N) is 1. The van der Waals surface area contributed by atoms with Gasteiger partial charge in [-0.1, -0.05) is 54.2 Å². The van der Waals surface area contributed by atoms with E-state index < -0.39 is 5.97 Å². The van der Waals surface area contributed by atoms with Crippen molar-refractivity contribution in [3.8, 4) is 0 Å². The molecule has 9 heteroatoms. The molecule has 34 heavy (non-hydrogen) atoms. The number of carbonyl (C=O) groups is 2. The largest absolute Gasteiger partial charge is 0.478 e. The average Bonchev–Trinajstić information content (AvgIpc) is 3.48. The fourth-order valence-electron chi connectivity index (χ4n) is 3.44. The minimum Gasteiger partial charge on any atom is -0.478 e. The summed E-state index contributed by atoms with van der Waals surface area (Å²) < 4.78 is 2.08. The normalized spacial score (nSPS) is 10.9. The maximum Gasteiger partial charge on any atom is 0.335 e. The quantitative estimate of drug-likeness (QED) is 0.305. The summed E-state index contributed by atoms with van der Waals surface area (Å²) in [5.41, 5.74) is 2.65. The van der Waals surface area contributed by atoms with Gasteiger partial charge >= 0.3 is 5.97 Å². The van der Waals surface area contributed by atoms with Crippen molar-refractivity contribution in [3.05, 3.63) is 93.4 Å². The maximum absolute atomic E-state index is 12.6. The third-order valence-electron chi connectivity index (χ3n) is 5.26. The molecule has 2 heterocycles. The topological polar surface area (TPSA) is 97.1 Å². The molecule has 174 valence electrons. The lowest BCUT2D eigenvalue weighted by atomic mass is 10.1. The van der Waals surface area contributed by atoms with Crippen LogP contribution < -0.4 is 5.32 Å². The van der Waals surface area contributed by atoms with Gasteiger partial charge in [-0.05, 0) is 48.1 Å². The molecule has 4 rings (SSSR count). The maximum atomic E-state index is 12.6. The molecule has 0 bridgehead atoms. The highest BCUT2D eigenvalue weighted by Gasteiger charge is 2.16. The second-order valence-electron chi connectivity index (χ2n) is 7.71. The summed E-state index contributed by atoms with van der Waals surface area (Å²) in [6.45, 7) is 2.53. The smallest absolute Gasteiger partial charge is 0.335 e. The van der Waals surface area contributed by atoms with Crippen molar-refractivity contribution in [1.29, 1.82) is 0 Å². The van der Waals surface area contributed by atoms with Crippen molar-refractivity contribution in [2.75, 3.05) is 11.1 Å². The number of aryl methyl sites for hydroxylation is 2. The number of thioether (sulfide) groups is 1. The van der Waals surface area contributed by atoms with Gasteiger partial charge in [-0.25, -0.2) is 4.79 Å². The number of thiophene rings is 1. The number of hydrogen-bond donors (Lipinski definition) is 2. The average molecular weight is 493 g/mol. The monoisotopic (exact) mass is 492 g/mol. The van der Waals surface area contributed by atoms with Crippen LogP contribution in [0.1, 0.15) is 32.2 Å². The first kappa shape index (κ1) is 23.7. The van der Waals surface area contributed by atoms with E-state index in [4.69, 9.17) is 0 Å². The molecular weight excluding hydrogens is 468 g/mol. The first-order chi connectivity index (χ1) is 16.5. The number of anilines is 1. The molecule has 0 aliphatic heterocycles. The first-order valence-corrected chi connectivity index (χ1v) is 12.6. The summed E-state index contributed by atoms with van der Waals surface area (Å²) in [5, 5.41) is 23.5. The van der Waals surface area contributed by atoms with Gasteiger partial charge in [0.15, 0.2) is 5.16 Å². The molecule has 2 N–H and O–H groups in total. The Hall–Kier alpha value is -3.43. The minimum absolute atomic E-state index is 0.132. The Morgan fingerprint density at radius 2 is 1.91 bits per heavy atom. The van der Waals surface area contributed by atoms with Gasteiger partial charge in [0, 0.05) is 23.5 Å². The van der Waals surface area contributed by atoms with Crippen molar-refractivity contribution in [2.45, 2.75) is 31.5 Å². The Labute approximate surface area is 205 Å². The van der Waals surface area contributed by atoms with Crippen LogP contribution in [0, 0.1) is 6.92 Å². The van der Waals surface area contributed by atoms with Crippen LogP contribution in [0.5, 0.6) is 0 Å². The van der Waals surface area contributed by atoms with E-state index in [9.17, 15) is 14.7 Å². The summed E-state index contributed by atoms with van der Waals surface area (Å²) in [6.07, 6.45) is 1.52.